The largest absolute Gasteiger partial charge is 0.491 e. The van der Waals surface area contributed by atoms with Gasteiger partial charge in [0.05, 0.1) is 30.4 Å². The first kappa shape index (κ1) is 31.3. The molecule has 0 aliphatic carbocycles. The zero-order chi connectivity index (χ0) is 29.3. The number of nitrogens with one attached hydrogen (secondary N) is 1. The lowest BCUT2D eigenvalue weighted by molar-refractivity contribution is 0.102. The molecule has 2 aromatic carbocycles. The topological polar surface area (TPSA) is 144 Å². The Bertz CT molecular complexity index is 1450. The molecule has 3 rings (SSSR count). The Balaban J connectivity index is 1.88. The lowest BCUT2D eigenvalue weighted by Gasteiger charge is -2.18. The predicted octanol–water partition coefficient (Wildman–Crippen LogP) is 4.89. The minimum atomic E-state index is -3.50. The number of hydrogen-bond donors (Lipinski definition) is 1. The van der Waals surface area contributed by atoms with Crippen LogP contribution in [0.25, 0.3) is 0 Å². The molecule has 12 nitrogen and oxygen atoms in total. The van der Waals surface area contributed by atoms with Crippen molar-refractivity contribution < 1.29 is 41.0 Å². The molecule has 0 saturated carbocycles. The Kier molecular flexibility index (Phi) is 10.9. The number of aryl methyl sites for hydroxylation is 1. The molecule has 0 unspecified atom stereocenters. The highest BCUT2D eigenvalue weighted by atomic mass is 32.2. The molecule has 1 amide bonds. The van der Waals surface area contributed by atoms with Crippen LogP contribution < -0.4 is 14.8 Å². The van der Waals surface area contributed by atoms with E-state index in [0.717, 1.165) is 6.26 Å². The maximum Gasteiger partial charge on any atom is 0.352 e. The number of rotatable bonds is 15. The van der Waals surface area contributed by atoms with E-state index in [2.05, 4.69) is 10.4 Å². The van der Waals surface area contributed by atoms with E-state index in [1.54, 1.807) is 46.1 Å². The number of methoxy groups -OCH3 is 1. The minimum Gasteiger partial charge on any atom is -0.491 e. The van der Waals surface area contributed by atoms with Crippen LogP contribution >= 0.6 is 7.60 Å². The monoisotopic (exact) mass is 595 g/mol. The van der Waals surface area contributed by atoms with Crippen molar-refractivity contribution in [2.75, 3.05) is 45.1 Å². The second kappa shape index (κ2) is 13.9. The fourth-order valence-corrected chi connectivity index (χ4v) is 5.80. The number of ether oxygens (including phenoxy) is 3. The number of amides is 1. The van der Waals surface area contributed by atoms with Gasteiger partial charge in [0.1, 0.15) is 36.0 Å². The maximum atomic E-state index is 13.3. The van der Waals surface area contributed by atoms with Crippen LogP contribution in [0.15, 0.2) is 53.4 Å². The molecular weight excluding hydrogens is 561 g/mol. The van der Waals surface area contributed by atoms with E-state index in [1.807, 2.05) is 0 Å². The predicted molar refractivity (Wildman–Crippen MR) is 149 cm³/mol. The summed E-state index contributed by atoms with van der Waals surface area (Å²) in [6.07, 6.45) is 0.935. The molecule has 0 radical (unpaired) electrons. The third-order valence-electron chi connectivity index (χ3n) is 5.29. The van der Waals surface area contributed by atoms with Crippen molar-refractivity contribution >= 4 is 29.2 Å². The number of carbonyl (C=O) groups excluding carboxylic acids is 1. The van der Waals surface area contributed by atoms with Gasteiger partial charge in [-0.1, -0.05) is 0 Å². The summed E-state index contributed by atoms with van der Waals surface area (Å²) in [5.74, 6) is 0.803. The first-order chi connectivity index (χ1) is 19.0. The summed E-state index contributed by atoms with van der Waals surface area (Å²) in [6.45, 7) is 6.11. The molecule has 40 heavy (non-hydrogen) atoms. The fourth-order valence-electron chi connectivity index (χ4n) is 3.60. The summed E-state index contributed by atoms with van der Waals surface area (Å²) in [4.78, 5) is 13.5. The van der Waals surface area contributed by atoms with Crippen LogP contribution in [0.4, 0.5) is 5.82 Å². The molecule has 0 bridgehead atoms. The molecule has 0 atom stereocenters. The Morgan fingerprint density at radius 3 is 2.23 bits per heavy atom. The summed E-state index contributed by atoms with van der Waals surface area (Å²) >= 11 is 0. The minimum absolute atomic E-state index is 0.154. The van der Waals surface area contributed by atoms with Crippen LogP contribution in [-0.4, -0.2) is 63.9 Å². The molecule has 0 aliphatic rings. The van der Waals surface area contributed by atoms with Gasteiger partial charge in [-0.3, -0.25) is 9.36 Å². The Hall–Kier alpha value is -3.22. The number of nitrogens with zero attached hydrogens (tertiary/aromatic N) is 2. The zero-order valence-corrected chi connectivity index (χ0v) is 24.8. The maximum absolute atomic E-state index is 13.3. The zero-order valence-electron chi connectivity index (χ0n) is 23.1. The van der Waals surface area contributed by atoms with Gasteiger partial charge in [-0.2, -0.15) is 5.10 Å². The standard InChI is InChI=1S/C26H34N3O9PS/c1-6-36-39(31,37-7-2)18-29-25(14-19(3)28-29)27-26(30)20-15-22(35-13-12-34-4)17-23(16-20)38-21-8-10-24(11-9-21)40(5,32)33/h8-11,14-17H,6-7,12-13,18H2,1-5H3,(H,27,30). The molecule has 3 aromatic rings. The number of aromatic nitrogens is 2. The van der Waals surface area contributed by atoms with Crippen LogP contribution in [0.2, 0.25) is 0 Å². The highest BCUT2D eigenvalue weighted by molar-refractivity contribution is 7.90. The second-order valence-corrected chi connectivity index (χ2v) is 12.6. The summed E-state index contributed by atoms with van der Waals surface area (Å²) in [5.41, 5.74) is 0.800. The number of carbonyl (C=O) groups is 1. The van der Waals surface area contributed by atoms with E-state index < -0.39 is 23.3 Å². The van der Waals surface area contributed by atoms with E-state index in [0.29, 0.717) is 29.6 Å². The van der Waals surface area contributed by atoms with Gasteiger partial charge in [-0.25, -0.2) is 13.1 Å². The van der Waals surface area contributed by atoms with Crippen molar-refractivity contribution in [3.63, 3.8) is 0 Å². The van der Waals surface area contributed by atoms with Gasteiger partial charge in [0.2, 0.25) is 0 Å². The summed E-state index contributed by atoms with van der Waals surface area (Å²) in [7, 11) is -5.31. The summed E-state index contributed by atoms with van der Waals surface area (Å²) < 4.78 is 65.4. The third-order valence-corrected chi connectivity index (χ3v) is 8.33. The van der Waals surface area contributed by atoms with Gasteiger partial charge >= 0.3 is 7.60 Å². The Morgan fingerprint density at radius 1 is 0.975 bits per heavy atom. The fraction of sp³-hybridized carbons (Fsp3) is 0.385. The first-order valence-corrected chi connectivity index (χ1v) is 16.1. The van der Waals surface area contributed by atoms with Crippen LogP contribution in [0.3, 0.4) is 0 Å². The summed E-state index contributed by atoms with van der Waals surface area (Å²) in [5, 5.41) is 7.13. The molecule has 0 spiro atoms. The third kappa shape index (κ3) is 8.90. The van der Waals surface area contributed by atoms with Gasteiger partial charge in [0.15, 0.2) is 9.84 Å². The van der Waals surface area contributed by atoms with E-state index in [1.165, 1.54) is 35.0 Å². The normalized spacial score (nSPS) is 11.8. The number of benzene rings is 2. The first-order valence-electron chi connectivity index (χ1n) is 12.4. The van der Waals surface area contributed by atoms with E-state index in [4.69, 9.17) is 23.3 Å². The highest BCUT2D eigenvalue weighted by Gasteiger charge is 2.27. The van der Waals surface area contributed by atoms with Crippen LogP contribution in [-0.2, 0) is 34.5 Å². The van der Waals surface area contributed by atoms with E-state index in [9.17, 15) is 17.8 Å². The van der Waals surface area contributed by atoms with Crippen molar-refractivity contribution in [1.82, 2.24) is 9.78 Å². The van der Waals surface area contributed by atoms with Crippen molar-refractivity contribution in [3.05, 3.63) is 59.8 Å². The van der Waals surface area contributed by atoms with Crippen molar-refractivity contribution in [2.24, 2.45) is 0 Å². The Morgan fingerprint density at radius 2 is 1.62 bits per heavy atom. The molecule has 1 aromatic heterocycles. The molecular formula is C26H34N3O9PS. The molecule has 0 aliphatic heterocycles. The quantitative estimate of drug-likeness (QED) is 0.190. The van der Waals surface area contributed by atoms with Gasteiger partial charge < -0.3 is 28.6 Å². The van der Waals surface area contributed by atoms with Gasteiger partial charge in [0.25, 0.3) is 5.91 Å². The molecule has 0 saturated heterocycles. The molecule has 218 valence electrons. The smallest absolute Gasteiger partial charge is 0.352 e. The van der Waals surface area contributed by atoms with Crippen molar-refractivity contribution in [3.8, 4) is 17.2 Å². The van der Waals surface area contributed by atoms with E-state index in [-0.39, 0.29) is 42.3 Å². The summed E-state index contributed by atoms with van der Waals surface area (Å²) in [6, 6.07) is 12.2. The number of sulfone groups is 1. The van der Waals surface area contributed by atoms with Crippen LogP contribution in [0, 0.1) is 6.92 Å². The van der Waals surface area contributed by atoms with Crippen LogP contribution in [0.5, 0.6) is 17.2 Å². The van der Waals surface area contributed by atoms with Crippen molar-refractivity contribution in [2.45, 2.75) is 32.0 Å². The molecule has 1 N–H and O–H groups in total. The number of anilines is 1. The van der Waals surface area contributed by atoms with Crippen LogP contribution in [0.1, 0.15) is 29.9 Å². The SMILES string of the molecule is CCOP(=O)(Cn1nc(C)cc1NC(=O)c1cc(OCCOC)cc(Oc2ccc(S(C)(=O)=O)cc2)c1)OCC. The van der Waals surface area contributed by atoms with Gasteiger partial charge in [-0.05, 0) is 57.2 Å². The average Bonchev–Trinajstić information content (AvgIpc) is 3.21. The average molecular weight is 596 g/mol. The highest BCUT2D eigenvalue weighted by Crippen LogP contribution is 2.50. The van der Waals surface area contributed by atoms with Gasteiger partial charge in [-0.15, -0.1) is 0 Å². The van der Waals surface area contributed by atoms with E-state index >= 15 is 0 Å². The lowest BCUT2D eigenvalue weighted by atomic mass is 10.2. The number of hydrogen-bond acceptors (Lipinski definition) is 10. The lowest BCUT2D eigenvalue weighted by Crippen LogP contribution is -2.17. The molecule has 1 heterocycles. The second-order valence-electron chi connectivity index (χ2n) is 8.59. The van der Waals surface area contributed by atoms with Crippen molar-refractivity contribution in [1.29, 1.82) is 0 Å². The molecule has 14 heteroatoms. The Labute approximate surface area is 234 Å². The van der Waals surface area contributed by atoms with Gasteiger partial charge in [0, 0.05) is 31.1 Å². The molecule has 0 fully saturated rings.